The highest BCUT2D eigenvalue weighted by Crippen LogP contribution is 2.31. The zero-order chi connectivity index (χ0) is 12.4. The Bertz CT molecular complexity index is 384. The Kier molecular flexibility index (Phi) is 3.92. The van der Waals surface area contributed by atoms with Crippen LogP contribution in [0.2, 0.25) is 0 Å². The van der Waals surface area contributed by atoms with Crippen molar-refractivity contribution in [3.8, 4) is 0 Å². The Hall–Kier alpha value is -0.770. The Balaban J connectivity index is 2.04. The second-order valence-corrected chi connectivity index (χ2v) is 6.27. The Morgan fingerprint density at radius 2 is 1.94 bits per heavy atom. The number of anilines is 2. The Labute approximate surface area is 111 Å². The normalized spacial score (nSPS) is 29.0. The van der Waals surface area contributed by atoms with Gasteiger partial charge in [-0.25, -0.2) is 4.98 Å². The van der Waals surface area contributed by atoms with Crippen LogP contribution in [0.25, 0.3) is 0 Å². The zero-order valence-electron chi connectivity index (χ0n) is 10.4. The first-order valence-corrected chi connectivity index (χ1v) is 7.01. The third-order valence-corrected chi connectivity index (χ3v) is 3.84. The molecule has 1 saturated carbocycles. The molecule has 1 aromatic rings. The van der Waals surface area contributed by atoms with E-state index in [2.05, 4.69) is 40.1 Å². The molecule has 0 bridgehead atoms. The molecule has 1 heterocycles. The van der Waals surface area contributed by atoms with Crippen LogP contribution in [0.3, 0.4) is 0 Å². The number of nitrogens with zero attached hydrogens (tertiary/aromatic N) is 1. The molecule has 4 heteroatoms. The van der Waals surface area contributed by atoms with Crippen molar-refractivity contribution in [2.75, 3.05) is 11.1 Å². The van der Waals surface area contributed by atoms with Gasteiger partial charge in [0.15, 0.2) is 0 Å². The molecule has 0 radical (unpaired) electrons. The number of nitrogens with two attached hydrogens (primary N) is 1. The van der Waals surface area contributed by atoms with Crippen molar-refractivity contribution < 1.29 is 0 Å². The standard InChI is InChI=1S/C13H20BrN3/c1-8-3-9(2)5-11(4-8)17-13-12(15)6-10(14)7-16-13/h6-9,11H,3-5,15H2,1-2H3,(H,16,17). The molecule has 1 aromatic heterocycles. The van der Waals surface area contributed by atoms with Gasteiger partial charge in [-0.3, -0.25) is 0 Å². The minimum absolute atomic E-state index is 0.504. The molecule has 1 aliphatic carbocycles. The highest BCUT2D eigenvalue weighted by atomic mass is 79.9. The van der Waals surface area contributed by atoms with Gasteiger partial charge in [0.25, 0.3) is 0 Å². The molecule has 2 rings (SSSR count). The quantitative estimate of drug-likeness (QED) is 0.876. The van der Waals surface area contributed by atoms with E-state index in [9.17, 15) is 0 Å². The lowest BCUT2D eigenvalue weighted by Crippen LogP contribution is -2.30. The number of halogens is 1. The first kappa shape index (κ1) is 12.7. The van der Waals surface area contributed by atoms with Crippen molar-refractivity contribution in [3.05, 3.63) is 16.7 Å². The fourth-order valence-electron chi connectivity index (χ4n) is 2.83. The molecule has 2 atom stereocenters. The zero-order valence-corrected chi connectivity index (χ0v) is 12.0. The molecule has 17 heavy (non-hydrogen) atoms. The predicted octanol–water partition coefficient (Wildman–Crippen LogP) is 3.66. The molecule has 3 N–H and O–H groups in total. The average molecular weight is 298 g/mol. The number of nitrogens with one attached hydrogen (secondary N) is 1. The van der Waals surface area contributed by atoms with Gasteiger partial charge in [-0.1, -0.05) is 13.8 Å². The van der Waals surface area contributed by atoms with Gasteiger partial charge in [-0.15, -0.1) is 0 Å². The second-order valence-electron chi connectivity index (χ2n) is 5.35. The van der Waals surface area contributed by atoms with Crippen LogP contribution < -0.4 is 11.1 Å². The van der Waals surface area contributed by atoms with E-state index >= 15 is 0 Å². The summed E-state index contributed by atoms with van der Waals surface area (Å²) in [6, 6.07) is 2.40. The van der Waals surface area contributed by atoms with Crippen LogP contribution >= 0.6 is 15.9 Å². The van der Waals surface area contributed by atoms with Gasteiger partial charge >= 0.3 is 0 Å². The van der Waals surface area contributed by atoms with Crippen LogP contribution in [-0.2, 0) is 0 Å². The van der Waals surface area contributed by atoms with Gasteiger partial charge in [0.2, 0.25) is 0 Å². The van der Waals surface area contributed by atoms with E-state index in [1.165, 1.54) is 19.3 Å². The molecule has 0 amide bonds. The highest BCUT2D eigenvalue weighted by Gasteiger charge is 2.24. The van der Waals surface area contributed by atoms with Crippen molar-refractivity contribution in [1.29, 1.82) is 0 Å². The van der Waals surface area contributed by atoms with E-state index in [0.29, 0.717) is 11.7 Å². The molecule has 1 aliphatic rings. The summed E-state index contributed by atoms with van der Waals surface area (Å²) in [4.78, 5) is 4.34. The molecular weight excluding hydrogens is 278 g/mol. The number of hydrogen-bond acceptors (Lipinski definition) is 3. The molecule has 94 valence electrons. The van der Waals surface area contributed by atoms with E-state index in [1.54, 1.807) is 6.20 Å². The monoisotopic (exact) mass is 297 g/mol. The molecule has 0 spiro atoms. The maximum atomic E-state index is 5.95. The summed E-state index contributed by atoms with van der Waals surface area (Å²) in [6.07, 6.45) is 5.54. The van der Waals surface area contributed by atoms with Crippen LogP contribution in [0.5, 0.6) is 0 Å². The number of pyridine rings is 1. The lowest BCUT2D eigenvalue weighted by Gasteiger charge is -2.32. The maximum Gasteiger partial charge on any atom is 0.149 e. The van der Waals surface area contributed by atoms with E-state index in [1.807, 2.05) is 6.07 Å². The summed E-state index contributed by atoms with van der Waals surface area (Å²) in [5.41, 5.74) is 6.67. The van der Waals surface area contributed by atoms with Gasteiger partial charge in [0.1, 0.15) is 5.82 Å². The summed E-state index contributed by atoms with van der Waals surface area (Å²) < 4.78 is 0.922. The molecule has 2 unspecified atom stereocenters. The van der Waals surface area contributed by atoms with Crippen molar-refractivity contribution in [2.45, 2.75) is 39.2 Å². The van der Waals surface area contributed by atoms with Crippen LogP contribution in [0.1, 0.15) is 33.1 Å². The highest BCUT2D eigenvalue weighted by molar-refractivity contribution is 9.10. The molecule has 1 fully saturated rings. The summed E-state index contributed by atoms with van der Waals surface area (Å²) >= 11 is 3.37. The molecule has 0 saturated heterocycles. The predicted molar refractivity (Wildman–Crippen MR) is 75.9 cm³/mol. The average Bonchev–Trinajstić information content (AvgIpc) is 2.21. The summed E-state index contributed by atoms with van der Waals surface area (Å²) in [5.74, 6) is 2.39. The van der Waals surface area contributed by atoms with E-state index in [4.69, 9.17) is 5.73 Å². The fourth-order valence-corrected chi connectivity index (χ4v) is 3.18. The Morgan fingerprint density at radius 1 is 1.29 bits per heavy atom. The van der Waals surface area contributed by atoms with Crippen molar-refractivity contribution in [1.82, 2.24) is 4.98 Å². The number of aromatic nitrogens is 1. The Morgan fingerprint density at radius 3 is 2.53 bits per heavy atom. The van der Waals surface area contributed by atoms with E-state index < -0.39 is 0 Å². The smallest absolute Gasteiger partial charge is 0.149 e. The molecule has 3 nitrogen and oxygen atoms in total. The van der Waals surface area contributed by atoms with Crippen LogP contribution in [0.15, 0.2) is 16.7 Å². The second kappa shape index (κ2) is 5.25. The lowest BCUT2D eigenvalue weighted by atomic mass is 9.80. The number of nitrogen functional groups attached to an aromatic ring is 1. The largest absolute Gasteiger partial charge is 0.396 e. The minimum atomic E-state index is 0.504. The fraction of sp³-hybridized carbons (Fsp3) is 0.615. The maximum absolute atomic E-state index is 5.95. The van der Waals surface area contributed by atoms with Gasteiger partial charge in [-0.05, 0) is 53.1 Å². The van der Waals surface area contributed by atoms with E-state index in [-0.39, 0.29) is 0 Å². The number of rotatable bonds is 2. The van der Waals surface area contributed by atoms with Crippen LogP contribution in [0.4, 0.5) is 11.5 Å². The van der Waals surface area contributed by atoms with Crippen molar-refractivity contribution in [3.63, 3.8) is 0 Å². The van der Waals surface area contributed by atoms with Crippen molar-refractivity contribution in [2.24, 2.45) is 11.8 Å². The first-order valence-electron chi connectivity index (χ1n) is 6.22. The summed E-state index contributed by atoms with van der Waals surface area (Å²) in [6.45, 7) is 4.64. The first-order chi connectivity index (χ1) is 8.04. The molecule has 0 aliphatic heterocycles. The van der Waals surface area contributed by atoms with Gasteiger partial charge in [0.05, 0.1) is 5.69 Å². The SMILES string of the molecule is CC1CC(C)CC(Nc2ncc(Br)cc2N)C1. The van der Waals surface area contributed by atoms with Crippen LogP contribution in [-0.4, -0.2) is 11.0 Å². The lowest BCUT2D eigenvalue weighted by molar-refractivity contribution is 0.280. The van der Waals surface area contributed by atoms with Gasteiger partial charge in [0, 0.05) is 16.7 Å². The minimum Gasteiger partial charge on any atom is -0.396 e. The van der Waals surface area contributed by atoms with Crippen molar-refractivity contribution >= 4 is 27.4 Å². The van der Waals surface area contributed by atoms with Gasteiger partial charge in [-0.2, -0.15) is 0 Å². The third-order valence-electron chi connectivity index (χ3n) is 3.40. The molecular formula is C13H20BrN3. The van der Waals surface area contributed by atoms with E-state index in [0.717, 1.165) is 22.1 Å². The van der Waals surface area contributed by atoms with Crippen LogP contribution in [0, 0.1) is 11.8 Å². The summed E-state index contributed by atoms with van der Waals surface area (Å²) in [5, 5.41) is 3.48. The molecule has 0 aromatic carbocycles. The van der Waals surface area contributed by atoms with Gasteiger partial charge < -0.3 is 11.1 Å². The number of hydrogen-bond donors (Lipinski definition) is 2. The summed E-state index contributed by atoms with van der Waals surface area (Å²) in [7, 11) is 0. The topological polar surface area (TPSA) is 50.9 Å². The third kappa shape index (κ3) is 3.35.